The number of rotatable bonds is 4. The standard InChI is InChI=1S/C10H8BrNO3S/c11-9-3-2-8(16-9)7-5-6(12-15-7)1-4-10(13)14/h2-3,5H,1,4H2,(H,13,14). The molecule has 1 N–H and O–H groups in total. The average molecular weight is 302 g/mol. The van der Waals surface area contributed by atoms with Gasteiger partial charge >= 0.3 is 5.97 Å². The minimum absolute atomic E-state index is 0.0696. The van der Waals surface area contributed by atoms with Crippen LogP contribution in [-0.2, 0) is 11.2 Å². The Bertz CT molecular complexity index is 506. The van der Waals surface area contributed by atoms with E-state index in [0.29, 0.717) is 17.9 Å². The number of hydrogen-bond acceptors (Lipinski definition) is 4. The van der Waals surface area contributed by atoms with Crippen molar-refractivity contribution in [3.8, 4) is 10.6 Å². The molecule has 2 aromatic heterocycles. The van der Waals surface area contributed by atoms with Gasteiger partial charge in [0.25, 0.3) is 0 Å². The normalized spacial score (nSPS) is 10.6. The van der Waals surface area contributed by atoms with Crippen molar-refractivity contribution in [2.45, 2.75) is 12.8 Å². The second-order valence-electron chi connectivity index (χ2n) is 3.18. The SMILES string of the molecule is O=C(O)CCc1cc(-c2ccc(Br)s2)on1. The minimum atomic E-state index is -0.830. The fraction of sp³-hybridized carbons (Fsp3) is 0.200. The van der Waals surface area contributed by atoms with Gasteiger partial charge in [0.05, 0.1) is 20.8 Å². The molecular formula is C10H8BrNO3S. The third kappa shape index (κ3) is 2.70. The van der Waals surface area contributed by atoms with Crippen LogP contribution in [0.4, 0.5) is 0 Å². The first-order chi connectivity index (χ1) is 7.65. The Kier molecular flexibility index (Phi) is 3.40. The second kappa shape index (κ2) is 4.80. The van der Waals surface area contributed by atoms with Crippen LogP contribution in [0.25, 0.3) is 10.6 Å². The molecular weight excluding hydrogens is 294 g/mol. The minimum Gasteiger partial charge on any atom is -0.481 e. The predicted molar refractivity (Wildman–Crippen MR) is 63.5 cm³/mol. The number of aliphatic carboxylic acids is 1. The maximum Gasteiger partial charge on any atom is 0.303 e. The summed E-state index contributed by atoms with van der Waals surface area (Å²) in [6, 6.07) is 5.64. The van der Waals surface area contributed by atoms with Crippen molar-refractivity contribution >= 4 is 33.2 Å². The number of carbonyl (C=O) groups is 1. The smallest absolute Gasteiger partial charge is 0.303 e. The maximum atomic E-state index is 10.4. The molecule has 2 heterocycles. The van der Waals surface area contributed by atoms with Crippen LogP contribution in [0, 0.1) is 0 Å². The quantitative estimate of drug-likeness (QED) is 0.942. The van der Waals surface area contributed by atoms with Crippen LogP contribution in [0.5, 0.6) is 0 Å². The lowest BCUT2D eigenvalue weighted by atomic mass is 10.2. The summed E-state index contributed by atoms with van der Waals surface area (Å²) in [7, 11) is 0. The van der Waals surface area contributed by atoms with Crippen LogP contribution in [0.15, 0.2) is 26.5 Å². The third-order valence-corrected chi connectivity index (χ3v) is 3.61. The van der Waals surface area contributed by atoms with E-state index in [1.54, 1.807) is 17.4 Å². The molecule has 0 amide bonds. The Hall–Kier alpha value is -1.14. The summed E-state index contributed by atoms with van der Waals surface area (Å²) in [5.74, 6) is -0.153. The number of carboxylic acid groups (broad SMARTS) is 1. The summed E-state index contributed by atoms with van der Waals surface area (Å²) in [6.07, 6.45) is 0.464. The molecule has 2 rings (SSSR count). The van der Waals surface area contributed by atoms with Gasteiger partial charge in [-0.15, -0.1) is 11.3 Å². The molecule has 0 aromatic carbocycles. The molecule has 0 fully saturated rings. The summed E-state index contributed by atoms with van der Waals surface area (Å²) >= 11 is 4.91. The van der Waals surface area contributed by atoms with Crippen molar-refractivity contribution in [3.05, 3.63) is 27.7 Å². The number of nitrogens with zero attached hydrogens (tertiary/aromatic N) is 1. The zero-order valence-electron chi connectivity index (χ0n) is 8.14. The third-order valence-electron chi connectivity index (χ3n) is 1.97. The lowest BCUT2D eigenvalue weighted by Crippen LogP contribution is -1.97. The van der Waals surface area contributed by atoms with Crippen LogP contribution in [0.2, 0.25) is 0 Å². The zero-order valence-corrected chi connectivity index (χ0v) is 10.5. The molecule has 0 unspecified atom stereocenters. The molecule has 2 aromatic rings. The molecule has 0 aliphatic heterocycles. The highest BCUT2D eigenvalue weighted by Crippen LogP contribution is 2.31. The molecule has 0 aliphatic carbocycles. The highest BCUT2D eigenvalue weighted by molar-refractivity contribution is 9.11. The fourth-order valence-corrected chi connectivity index (χ4v) is 2.56. The topological polar surface area (TPSA) is 63.3 Å². The van der Waals surface area contributed by atoms with Crippen LogP contribution in [-0.4, -0.2) is 16.2 Å². The van der Waals surface area contributed by atoms with E-state index in [2.05, 4.69) is 21.1 Å². The van der Waals surface area contributed by atoms with Gasteiger partial charge in [0.15, 0.2) is 5.76 Å². The lowest BCUT2D eigenvalue weighted by Gasteiger charge is -1.87. The molecule has 16 heavy (non-hydrogen) atoms. The first-order valence-electron chi connectivity index (χ1n) is 4.58. The number of halogens is 1. The Morgan fingerprint density at radius 1 is 1.56 bits per heavy atom. The van der Waals surface area contributed by atoms with Gasteiger partial charge in [-0.2, -0.15) is 0 Å². The number of hydrogen-bond donors (Lipinski definition) is 1. The van der Waals surface area contributed by atoms with Gasteiger partial charge in [0, 0.05) is 12.5 Å². The molecule has 0 saturated carbocycles. The zero-order chi connectivity index (χ0) is 11.5. The van der Waals surface area contributed by atoms with E-state index in [9.17, 15) is 4.79 Å². The van der Waals surface area contributed by atoms with Gasteiger partial charge in [-0.1, -0.05) is 5.16 Å². The van der Waals surface area contributed by atoms with Crippen LogP contribution >= 0.6 is 27.3 Å². The molecule has 0 aliphatic rings. The van der Waals surface area contributed by atoms with Gasteiger partial charge in [-0.25, -0.2) is 0 Å². The molecule has 0 bridgehead atoms. The lowest BCUT2D eigenvalue weighted by molar-refractivity contribution is -0.136. The highest BCUT2D eigenvalue weighted by atomic mass is 79.9. The monoisotopic (exact) mass is 301 g/mol. The second-order valence-corrected chi connectivity index (χ2v) is 5.64. The first kappa shape index (κ1) is 11.3. The summed E-state index contributed by atoms with van der Waals surface area (Å²) < 4.78 is 6.16. The van der Waals surface area contributed by atoms with Gasteiger partial charge in [0.2, 0.25) is 0 Å². The summed E-state index contributed by atoms with van der Waals surface area (Å²) in [4.78, 5) is 11.4. The van der Waals surface area contributed by atoms with Crippen molar-refractivity contribution in [1.82, 2.24) is 5.16 Å². The summed E-state index contributed by atoms with van der Waals surface area (Å²) in [5, 5.41) is 12.4. The van der Waals surface area contributed by atoms with E-state index in [1.165, 1.54) is 0 Å². The summed E-state index contributed by atoms with van der Waals surface area (Å²) in [6.45, 7) is 0. The van der Waals surface area contributed by atoms with E-state index in [-0.39, 0.29) is 6.42 Å². The highest BCUT2D eigenvalue weighted by Gasteiger charge is 2.09. The van der Waals surface area contributed by atoms with Crippen molar-refractivity contribution < 1.29 is 14.4 Å². The van der Waals surface area contributed by atoms with Crippen molar-refractivity contribution in [1.29, 1.82) is 0 Å². The van der Waals surface area contributed by atoms with E-state index in [0.717, 1.165) is 8.66 Å². The van der Waals surface area contributed by atoms with Crippen LogP contribution in [0.3, 0.4) is 0 Å². The van der Waals surface area contributed by atoms with Crippen LogP contribution in [0.1, 0.15) is 12.1 Å². The van der Waals surface area contributed by atoms with Crippen molar-refractivity contribution in [2.24, 2.45) is 0 Å². The van der Waals surface area contributed by atoms with Crippen molar-refractivity contribution in [3.63, 3.8) is 0 Å². The van der Waals surface area contributed by atoms with Crippen molar-refractivity contribution in [2.75, 3.05) is 0 Å². The number of aryl methyl sites for hydroxylation is 1. The molecule has 0 atom stereocenters. The maximum absolute atomic E-state index is 10.4. The number of aromatic nitrogens is 1. The fourth-order valence-electron chi connectivity index (χ4n) is 1.23. The Morgan fingerprint density at radius 3 is 3.00 bits per heavy atom. The predicted octanol–water partition coefficient (Wildman–Crippen LogP) is 3.18. The Labute approximate surface area is 104 Å². The molecule has 0 radical (unpaired) electrons. The number of carboxylic acids is 1. The van der Waals surface area contributed by atoms with Gasteiger partial charge in [-0.3, -0.25) is 4.79 Å². The first-order valence-corrected chi connectivity index (χ1v) is 6.19. The Morgan fingerprint density at radius 2 is 2.38 bits per heavy atom. The van der Waals surface area contributed by atoms with E-state index in [4.69, 9.17) is 9.63 Å². The van der Waals surface area contributed by atoms with Gasteiger partial charge in [-0.05, 0) is 28.1 Å². The summed E-state index contributed by atoms with van der Waals surface area (Å²) in [5.41, 5.74) is 0.668. The van der Waals surface area contributed by atoms with E-state index in [1.807, 2.05) is 12.1 Å². The van der Waals surface area contributed by atoms with Gasteiger partial charge in [0.1, 0.15) is 0 Å². The van der Waals surface area contributed by atoms with Crippen LogP contribution < -0.4 is 0 Å². The molecule has 0 spiro atoms. The Balaban J connectivity index is 2.10. The average Bonchev–Trinajstić information content (AvgIpc) is 2.83. The molecule has 84 valence electrons. The number of thiophene rings is 1. The molecule has 6 heteroatoms. The van der Waals surface area contributed by atoms with E-state index < -0.39 is 5.97 Å². The van der Waals surface area contributed by atoms with Gasteiger partial charge < -0.3 is 9.63 Å². The largest absolute Gasteiger partial charge is 0.481 e. The van der Waals surface area contributed by atoms with E-state index >= 15 is 0 Å². The molecule has 4 nitrogen and oxygen atoms in total. The molecule has 0 saturated heterocycles.